The number of nitrogens with one attached hydrogen (secondary N) is 2. The molecule has 0 heterocycles. The van der Waals surface area contributed by atoms with Gasteiger partial charge in [0.1, 0.15) is 4.90 Å². The van der Waals surface area contributed by atoms with E-state index in [2.05, 4.69) is 17.0 Å². The fourth-order valence-corrected chi connectivity index (χ4v) is 4.13. The van der Waals surface area contributed by atoms with Crippen molar-refractivity contribution in [2.75, 3.05) is 10.0 Å². The lowest BCUT2D eigenvalue weighted by molar-refractivity contribution is 0.0377. The summed E-state index contributed by atoms with van der Waals surface area (Å²) >= 11 is 0. The molecule has 0 saturated carbocycles. The molecule has 0 amide bonds. The number of anilines is 2. The van der Waals surface area contributed by atoms with Gasteiger partial charge in [-0.15, -0.1) is 0 Å². The summed E-state index contributed by atoms with van der Waals surface area (Å²) in [6.45, 7) is 9.49. The maximum atomic E-state index is 13.1. The highest BCUT2D eigenvalue weighted by atomic mass is 32.2. The van der Waals surface area contributed by atoms with Crippen LogP contribution in [-0.4, -0.2) is 26.5 Å². The zero-order chi connectivity index (χ0) is 21.6. The molecule has 0 aromatic heterocycles. The lowest BCUT2D eigenvalue weighted by Crippen LogP contribution is -2.21. The maximum Gasteiger partial charge on any atom is 0.338 e. The largest absolute Gasteiger partial charge is 0.459 e. The van der Waals surface area contributed by atoms with Crippen LogP contribution in [0.2, 0.25) is 0 Å². The topological polar surface area (TPSA) is 84.5 Å². The van der Waals surface area contributed by atoms with Crippen LogP contribution in [0.15, 0.2) is 47.4 Å². The van der Waals surface area contributed by atoms with E-state index in [0.29, 0.717) is 11.4 Å². The van der Waals surface area contributed by atoms with Crippen molar-refractivity contribution in [2.45, 2.75) is 64.5 Å². The van der Waals surface area contributed by atoms with Crippen LogP contribution < -0.4 is 10.0 Å². The van der Waals surface area contributed by atoms with E-state index >= 15 is 0 Å². The molecule has 2 aromatic carbocycles. The Bertz CT molecular complexity index is 938. The van der Waals surface area contributed by atoms with Crippen LogP contribution in [-0.2, 0) is 14.8 Å². The number of ether oxygens (including phenoxy) is 1. The fourth-order valence-electron chi connectivity index (χ4n) is 2.88. The number of esters is 1. The molecule has 0 aliphatic rings. The highest BCUT2D eigenvalue weighted by molar-refractivity contribution is 7.92. The molecular weight excluding hydrogens is 388 g/mol. The van der Waals surface area contributed by atoms with Crippen molar-refractivity contribution in [3.8, 4) is 0 Å². The summed E-state index contributed by atoms with van der Waals surface area (Å²) in [5.74, 6) is -0.556. The molecule has 2 N–H and O–H groups in total. The van der Waals surface area contributed by atoms with Gasteiger partial charge in [-0.2, -0.15) is 0 Å². The zero-order valence-electron chi connectivity index (χ0n) is 17.7. The molecule has 2 rings (SSSR count). The van der Waals surface area contributed by atoms with E-state index in [0.717, 1.165) is 18.4 Å². The molecular formula is C22H30N2O4S. The normalized spacial score (nSPS) is 12.5. The van der Waals surface area contributed by atoms with Gasteiger partial charge in [-0.3, -0.25) is 4.72 Å². The van der Waals surface area contributed by atoms with Gasteiger partial charge in [-0.25, -0.2) is 13.2 Å². The van der Waals surface area contributed by atoms with Crippen molar-refractivity contribution >= 4 is 27.4 Å². The summed E-state index contributed by atoms with van der Waals surface area (Å²) in [5, 5.41) is 3.25. The Hall–Kier alpha value is -2.54. The van der Waals surface area contributed by atoms with Crippen LogP contribution >= 0.6 is 0 Å². The number of hydrogen-bond donors (Lipinski definition) is 2. The van der Waals surface area contributed by atoms with Gasteiger partial charge in [0.05, 0.1) is 17.4 Å². The first-order valence-corrected chi connectivity index (χ1v) is 11.3. The average molecular weight is 419 g/mol. The molecule has 0 aliphatic heterocycles. The second-order valence-electron chi connectivity index (χ2n) is 7.47. The van der Waals surface area contributed by atoms with Gasteiger partial charge in [0, 0.05) is 11.7 Å². The third-order valence-electron chi connectivity index (χ3n) is 4.28. The predicted molar refractivity (Wildman–Crippen MR) is 117 cm³/mol. The third kappa shape index (κ3) is 6.49. The van der Waals surface area contributed by atoms with Crippen molar-refractivity contribution in [1.29, 1.82) is 0 Å². The van der Waals surface area contributed by atoms with Gasteiger partial charge in [0.15, 0.2) is 0 Å². The first kappa shape index (κ1) is 22.7. The lowest BCUT2D eigenvalue weighted by Gasteiger charge is -2.19. The van der Waals surface area contributed by atoms with Gasteiger partial charge in [-0.05, 0) is 64.4 Å². The Balaban J connectivity index is 2.44. The van der Waals surface area contributed by atoms with E-state index in [1.54, 1.807) is 38.1 Å². The summed E-state index contributed by atoms with van der Waals surface area (Å²) in [5.41, 5.74) is 2.13. The number of hydrogen-bond acceptors (Lipinski definition) is 5. The van der Waals surface area contributed by atoms with Crippen LogP contribution in [0.25, 0.3) is 0 Å². The van der Waals surface area contributed by atoms with Crippen LogP contribution in [0.5, 0.6) is 0 Å². The van der Waals surface area contributed by atoms with E-state index in [-0.39, 0.29) is 22.6 Å². The van der Waals surface area contributed by atoms with E-state index in [4.69, 9.17) is 4.74 Å². The molecule has 2 aromatic rings. The van der Waals surface area contributed by atoms with Gasteiger partial charge in [-0.1, -0.05) is 31.0 Å². The van der Waals surface area contributed by atoms with E-state index in [1.165, 1.54) is 6.07 Å². The number of rotatable bonds is 9. The molecule has 0 radical (unpaired) electrons. The van der Waals surface area contributed by atoms with Crippen molar-refractivity contribution in [3.63, 3.8) is 0 Å². The second-order valence-corrected chi connectivity index (χ2v) is 9.12. The summed E-state index contributed by atoms with van der Waals surface area (Å²) in [6, 6.07) is 11.7. The fraction of sp³-hybridized carbons (Fsp3) is 0.409. The summed E-state index contributed by atoms with van der Waals surface area (Å²) < 4.78 is 34.1. The van der Waals surface area contributed by atoms with Crippen LogP contribution in [0, 0.1) is 6.92 Å². The van der Waals surface area contributed by atoms with E-state index < -0.39 is 16.0 Å². The number of aryl methyl sites for hydroxylation is 1. The first-order valence-electron chi connectivity index (χ1n) is 9.83. The summed E-state index contributed by atoms with van der Waals surface area (Å²) in [7, 11) is -3.92. The van der Waals surface area contributed by atoms with Crippen molar-refractivity contribution in [1.82, 2.24) is 0 Å². The third-order valence-corrected chi connectivity index (χ3v) is 5.70. The minimum absolute atomic E-state index is 0.0132. The highest BCUT2D eigenvalue weighted by Gasteiger charge is 2.23. The summed E-state index contributed by atoms with van der Waals surface area (Å²) in [4.78, 5) is 12.3. The Morgan fingerprint density at radius 3 is 2.31 bits per heavy atom. The predicted octanol–water partition coefficient (Wildman–Crippen LogP) is 4.96. The quantitative estimate of drug-likeness (QED) is 0.562. The van der Waals surface area contributed by atoms with Crippen LogP contribution in [0.1, 0.15) is 56.5 Å². The molecule has 0 spiro atoms. The molecule has 1 unspecified atom stereocenters. The molecule has 29 heavy (non-hydrogen) atoms. The minimum atomic E-state index is -3.92. The molecule has 7 heteroatoms. The molecule has 0 aliphatic carbocycles. The van der Waals surface area contributed by atoms with Gasteiger partial charge in [0.2, 0.25) is 0 Å². The van der Waals surface area contributed by atoms with Crippen molar-refractivity contribution in [3.05, 3.63) is 53.6 Å². The Labute approximate surface area is 173 Å². The maximum absolute atomic E-state index is 13.1. The van der Waals surface area contributed by atoms with Crippen molar-refractivity contribution < 1.29 is 17.9 Å². The molecule has 6 nitrogen and oxygen atoms in total. The average Bonchev–Trinajstić information content (AvgIpc) is 2.63. The Kier molecular flexibility index (Phi) is 7.67. The molecule has 1 atom stereocenters. The van der Waals surface area contributed by atoms with Gasteiger partial charge < -0.3 is 10.1 Å². The van der Waals surface area contributed by atoms with E-state index in [9.17, 15) is 13.2 Å². The van der Waals surface area contributed by atoms with E-state index in [1.807, 2.05) is 26.0 Å². The lowest BCUT2D eigenvalue weighted by atomic mass is 10.1. The molecule has 0 saturated heterocycles. The second kappa shape index (κ2) is 9.78. The molecule has 0 bridgehead atoms. The minimum Gasteiger partial charge on any atom is -0.459 e. The smallest absolute Gasteiger partial charge is 0.338 e. The number of carbonyl (C=O) groups excluding carboxylic acids is 1. The van der Waals surface area contributed by atoms with Crippen molar-refractivity contribution in [2.24, 2.45) is 0 Å². The summed E-state index contributed by atoms with van der Waals surface area (Å²) in [6.07, 6.45) is 1.56. The Morgan fingerprint density at radius 1 is 1.07 bits per heavy atom. The van der Waals surface area contributed by atoms with Gasteiger partial charge >= 0.3 is 5.97 Å². The highest BCUT2D eigenvalue weighted by Crippen LogP contribution is 2.27. The van der Waals surface area contributed by atoms with Crippen LogP contribution in [0.4, 0.5) is 11.4 Å². The number of carbonyl (C=O) groups is 1. The van der Waals surface area contributed by atoms with Crippen LogP contribution in [0.3, 0.4) is 0 Å². The van der Waals surface area contributed by atoms with Gasteiger partial charge in [0.25, 0.3) is 10.0 Å². The SMILES string of the molecule is CCCC(C)Nc1ccc(C(=O)OC(C)C)cc1S(=O)(=O)Nc1ccc(C)cc1. The number of sulfonamides is 1. The Morgan fingerprint density at radius 2 is 1.72 bits per heavy atom. The first-order chi connectivity index (χ1) is 13.6. The number of benzene rings is 2. The molecule has 158 valence electrons. The standard InChI is InChI=1S/C22H30N2O4S/c1-6-7-17(5)23-20-13-10-18(22(25)28-15(2)3)14-21(20)29(26,27)24-19-11-8-16(4)9-12-19/h8-15,17,23-24H,6-7H2,1-5H3. The zero-order valence-corrected chi connectivity index (χ0v) is 18.5. The monoisotopic (exact) mass is 418 g/mol. The molecule has 0 fully saturated rings.